The first-order valence-electron chi connectivity index (χ1n) is 9.99. The van der Waals surface area contributed by atoms with Crippen molar-refractivity contribution in [3.05, 3.63) is 82.7 Å². The number of carbonyl (C=O) groups is 1. The lowest BCUT2D eigenvalue weighted by molar-refractivity contribution is -0.116. The van der Waals surface area contributed by atoms with Crippen molar-refractivity contribution in [1.82, 2.24) is 9.78 Å². The number of aryl methyl sites for hydroxylation is 1. The third kappa shape index (κ3) is 2.85. The molecule has 0 fully saturated rings. The van der Waals surface area contributed by atoms with Crippen LogP contribution in [0.3, 0.4) is 0 Å². The van der Waals surface area contributed by atoms with Gasteiger partial charge in [0.15, 0.2) is 5.78 Å². The molecule has 0 radical (unpaired) electrons. The summed E-state index contributed by atoms with van der Waals surface area (Å²) in [5.74, 6) is 1.89. The van der Waals surface area contributed by atoms with E-state index in [2.05, 4.69) is 17.4 Å². The fourth-order valence-corrected chi connectivity index (χ4v) is 4.51. The number of nitrogens with zero attached hydrogens (tertiary/aromatic N) is 2. The van der Waals surface area contributed by atoms with Gasteiger partial charge in [0.2, 0.25) is 0 Å². The molecule has 2 aromatic carbocycles. The Morgan fingerprint density at radius 1 is 1.07 bits per heavy atom. The highest BCUT2D eigenvalue weighted by molar-refractivity contribution is 6.01. The fraction of sp³-hybridized carbons (Fsp3) is 0.250. The summed E-state index contributed by atoms with van der Waals surface area (Å²) < 4.78 is 7.29. The highest BCUT2D eigenvalue weighted by Gasteiger charge is 2.38. The van der Waals surface area contributed by atoms with Crippen molar-refractivity contribution >= 4 is 11.6 Å². The monoisotopic (exact) mass is 385 g/mol. The van der Waals surface area contributed by atoms with Crippen molar-refractivity contribution in [2.75, 3.05) is 12.4 Å². The molecule has 29 heavy (non-hydrogen) atoms. The van der Waals surface area contributed by atoms with Crippen LogP contribution in [0, 0.1) is 6.92 Å². The van der Waals surface area contributed by atoms with E-state index in [1.807, 2.05) is 54.1 Å². The van der Waals surface area contributed by atoms with E-state index < -0.39 is 0 Å². The van der Waals surface area contributed by atoms with Crippen LogP contribution in [0.5, 0.6) is 5.75 Å². The van der Waals surface area contributed by atoms with Crippen LogP contribution in [0.4, 0.5) is 5.82 Å². The van der Waals surface area contributed by atoms with E-state index in [4.69, 9.17) is 9.84 Å². The van der Waals surface area contributed by atoms with Crippen LogP contribution in [0.25, 0.3) is 5.69 Å². The molecule has 5 heteroatoms. The standard InChI is InChI=1S/C24H23N3O2/c1-15-21-22(16-11-13-18(29-2)14-12-16)23-19(9-6-10-20(23)28)25-24(21)27(26-15)17-7-4-3-5-8-17/h3-5,7-8,11-14,22,25H,6,9-10H2,1-2H3/t22-/m0/s1. The van der Waals surface area contributed by atoms with Gasteiger partial charge in [0, 0.05) is 29.2 Å². The van der Waals surface area contributed by atoms with Gasteiger partial charge >= 0.3 is 0 Å². The highest BCUT2D eigenvalue weighted by Crippen LogP contribution is 2.47. The first-order valence-corrected chi connectivity index (χ1v) is 9.99. The van der Waals surface area contributed by atoms with Crippen molar-refractivity contribution in [3.63, 3.8) is 0 Å². The van der Waals surface area contributed by atoms with E-state index in [1.165, 1.54) is 0 Å². The molecule has 1 aliphatic carbocycles. The smallest absolute Gasteiger partial charge is 0.161 e. The molecule has 2 heterocycles. The number of anilines is 1. The molecule has 5 nitrogen and oxygen atoms in total. The zero-order chi connectivity index (χ0) is 20.0. The van der Waals surface area contributed by atoms with Gasteiger partial charge in [-0.1, -0.05) is 30.3 Å². The molecule has 2 aliphatic rings. The molecule has 0 saturated carbocycles. The number of aromatic nitrogens is 2. The molecule has 0 bridgehead atoms. The molecular formula is C24H23N3O2. The molecule has 0 spiro atoms. The number of carbonyl (C=O) groups excluding carboxylic acids is 1. The fourth-order valence-electron chi connectivity index (χ4n) is 4.51. The van der Waals surface area contributed by atoms with Gasteiger partial charge in [-0.25, -0.2) is 4.68 Å². The molecular weight excluding hydrogens is 362 g/mol. The number of rotatable bonds is 3. The maximum Gasteiger partial charge on any atom is 0.161 e. The molecule has 1 atom stereocenters. The first kappa shape index (κ1) is 17.7. The topological polar surface area (TPSA) is 56.1 Å². The van der Waals surface area contributed by atoms with E-state index in [9.17, 15) is 4.79 Å². The third-order valence-electron chi connectivity index (χ3n) is 5.86. The number of nitrogens with one attached hydrogen (secondary N) is 1. The van der Waals surface area contributed by atoms with Crippen LogP contribution in [0.1, 0.15) is 42.0 Å². The van der Waals surface area contributed by atoms with Crippen molar-refractivity contribution in [2.24, 2.45) is 0 Å². The minimum Gasteiger partial charge on any atom is -0.497 e. The molecule has 5 rings (SSSR count). The van der Waals surface area contributed by atoms with Crippen LogP contribution >= 0.6 is 0 Å². The van der Waals surface area contributed by atoms with Gasteiger partial charge in [-0.05, 0) is 49.6 Å². The van der Waals surface area contributed by atoms with Gasteiger partial charge < -0.3 is 10.1 Å². The van der Waals surface area contributed by atoms with Crippen molar-refractivity contribution in [1.29, 1.82) is 0 Å². The number of hydrogen-bond acceptors (Lipinski definition) is 4. The van der Waals surface area contributed by atoms with Crippen LogP contribution in [-0.2, 0) is 4.79 Å². The number of benzene rings is 2. The largest absolute Gasteiger partial charge is 0.497 e. The van der Waals surface area contributed by atoms with Crippen LogP contribution < -0.4 is 10.1 Å². The number of ether oxygens (including phenoxy) is 1. The summed E-state index contributed by atoms with van der Waals surface area (Å²) in [7, 11) is 1.66. The van der Waals surface area contributed by atoms with E-state index in [-0.39, 0.29) is 11.7 Å². The van der Waals surface area contributed by atoms with Crippen molar-refractivity contribution in [2.45, 2.75) is 32.1 Å². The molecule has 1 aromatic heterocycles. The Morgan fingerprint density at radius 3 is 2.55 bits per heavy atom. The number of Topliss-reactive ketones (excluding diaryl/α,β-unsaturated/α-hetero) is 1. The summed E-state index contributed by atoms with van der Waals surface area (Å²) in [5.41, 5.74) is 6.03. The predicted octanol–water partition coefficient (Wildman–Crippen LogP) is 4.75. The second kappa shape index (κ2) is 6.92. The zero-order valence-electron chi connectivity index (χ0n) is 16.6. The highest BCUT2D eigenvalue weighted by atomic mass is 16.5. The normalized spacial score (nSPS) is 18.1. The van der Waals surface area contributed by atoms with Gasteiger partial charge in [0.05, 0.1) is 18.5 Å². The summed E-state index contributed by atoms with van der Waals surface area (Å²) in [4.78, 5) is 13.0. The van der Waals surface area contributed by atoms with E-state index in [0.717, 1.165) is 58.2 Å². The van der Waals surface area contributed by atoms with Gasteiger partial charge in [0.25, 0.3) is 0 Å². The Morgan fingerprint density at radius 2 is 1.83 bits per heavy atom. The van der Waals surface area contributed by atoms with Crippen LogP contribution in [0.15, 0.2) is 65.9 Å². The van der Waals surface area contributed by atoms with Crippen molar-refractivity contribution in [3.8, 4) is 11.4 Å². The lowest BCUT2D eigenvalue weighted by Gasteiger charge is -2.33. The molecule has 0 unspecified atom stereocenters. The van der Waals surface area contributed by atoms with Gasteiger partial charge in [-0.2, -0.15) is 5.10 Å². The Kier molecular flexibility index (Phi) is 4.23. The lowest BCUT2D eigenvalue weighted by atomic mass is 9.76. The predicted molar refractivity (Wildman–Crippen MR) is 113 cm³/mol. The SMILES string of the molecule is COc1ccc([C@@H]2C3=C(CCCC3=O)Nc3c2c(C)nn3-c2ccccc2)cc1. The zero-order valence-corrected chi connectivity index (χ0v) is 16.6. The Labute approximate surface area is 170 Å². The molecule has 0 amide bonds. The number of allylic oxidation sites excluding steroid dienone is 2. The number of methoxy groups -OCH3 is 1. The minimum atomic E-state index is -0.114. The summed E-state index contributed by atoms with van der Waals surface area (Å²) in [5, 5.41) is 8.42. The number of para-hydroxylation sites is 1. The van der Waals surface area contributed by atoms with Crippen LogP contribution in [0.2, 0.25) is 0 Å². The molecule has 1 N–H and O–H groups in total. The maximum absolute atomic E-state index is 13.0. The molecule has 0 saturated heterocycles. The summed E-state index contributed by atoms with van der Waals surface area (Å²) in [6, 6.07) is 18.2. The number of ketones is 1. The summed E-state index contributed by atoms with van der Waals surface area (Å²) in [6.45, 7) is 2.02. The average Bonchev–Trinajstić information content (AvgIpc) is 3.09. The average molecular weight is 385 g/mol. The summed E-state index contributed by atoms with van der Waals surface area (Å²) in [6.07, 6.45) is 2.37. The van der Waals surface area contributed by atoms with Gasteiger partial charge in [0.1, 0.15) is 11.6 Å². The minimum absolute atomic E-state index is 0.114. The second-order valence-electron chi connectivity index (χ2n) is 7.60. The quantitative estimate of drug-likeness (QED) is 0.707. The van der Waals surface area contributed by atoms with E-state index in [0.29, 0.717) is 6.42 Å². The van der Waals surface area contributed by atoms with Crippen LogP contribution in [-0.4, -0.2) is 22.7 Å². The van der Waals surface area contributed by atoms with E-state index in [1.54, 1.807) is 7.11 Å². The number of hydrogen-bond donors (Lipinski definition) is 1. The van der Waals surface area contributed by atoms with Gasteiger partial charge in [-0.15, -0.1) is 0 Å². The van der Waals surface area contributed by atoms with Gasteiger partial charge in [-0.3, -0.25) is 4.79 Å². The third-order valence-corrected chi connectivity index (χ3v) is 5.86. The molecule has 1 aliphatic heterocycles. The van der Waals surface area contributed by atoms with Crippen molar-refractivity contribution < 1.29 is 9.53 Å². The Balaban J connectivity index is 1.73. The Hall–Kier alpha value is -3.34. The number of fused-ring (bicyclic) bond motifs is 1. The lowest BCUT2D eigenvalue weighted by Crippen LogP contribution is -2.27. The van der Waals surface area contributed by atoms with E-state index >= 15 is 0 Å². The maximum atomic E-state index is 13.0. The second-order valence-corrected chi connectivity index (χ2v) is 7.60. The molecule has 3 aromatic rings. The summed E-state index contributed by atoms with van der Waals surface area (Å²) >= 11 is 0. The molecule has 146 valence electrons. The first-order chi connectivity index (χ1) is 14.2. The Bertz CT molecular complexity index is 1110.